The molecule has 0 saturated carbocycles. The Bertz CT molecular complexity index is 435. The van der Waals surface area contributed by atoms with E-state index in [1.807, 2.05) is 13.8 Å². The summed E-state index contributed by atoms with van der Waals surface area (Å²) in [5, 5.41) is 2.66. The second-order valence-corrected chi connectivity index (χ2v) is 5.09. The third-order valence-corrected chi connectivity index (χ3v) is 3.23. The number of ether oxygens (including phenoxy) is 1. The maximum absolute atomic E-state index is 13.6. The van der Waals surface area contributed by atoms with Crippen LogP contribution in [0.1, 0.15) is 24.2 Å². The van der Waals surface area contributed by atoms with E-state index in [1.54, 1.807) is 6.07 Å². The number of halogens is 2. The third kappa shape index (κ3) is 3.88. The summed E-state index contributed by atoms with van der Waals surface area (Å²) in [5.41, 5.74) is -0.221. The van der Waals surface area contributed by atoms with Gasteiger partial charge in [0.1, 0.15) is 11.6 Å². The van der Waals surface area contributed by atoms with Crippen molar-refractivity contribution in [3.05, 3.63) is 29.6 Å². The summed E-state index contributed by atoms with van der Waals surface area (Å²) in [6, 6.07) is 4.13. The van der Waals surface area contributed by atoms with Gasteiger partial charge in [0, 0.05) is 18.5 Å². The molecule has 0 aliphatic rings. The number of hydrogen-bond donors (Lipinski definition) is 1. The highest BCUT2D eigenvalue weighted by atomic mass is 35.5. The van der Waals surface area contributed by atoms with Crippen LogP contribution in [0.2, 0.25) is 0 Å². The lowest BCUT2D eigenvalue weighted by atomic mass is 9.96. The molecule has 0 aliphatic carbocycles. The van der Waals surface area contributed by atoms with Crippen LogP contribution in [0, 0.1) is 11.2 Å². The summed E-state index contributed by atoms with van der Waals surface area (Å²) in [4.78, 5) is 11.8. The SMILES string of the molecule is COc1ccc(C(=O)NCC(C)(C)CCl)c(F)c1. The number of alkyl halides is 1. The van der Waals surface area contributed by atoms with Crippen LogP contribution in [0.3, 0.4) is 0 Å². The van der Waals surface area contributed by atoms with Gasteiger partial charge in [-0.05, 0) is 17.5 Å². The molecule has 1 rings (SSSR count). The van der Waals surface area contributed by atoms with Crippen molar-refractivity contribution in [3.63, 3.8) is 0 Å². The second kappa shape index (κ2) is 6.05. The Kier molecular flexibility index (Phi) is 4.96. The van der Waals surface area contributed by atoms with Gasteiger partial charge < -0.3 is 10.1 Å². The first-order valence-corrected chi connectivity index (χ1v) is 6.11. The molecule has 1 amide bonds. The van der Waals surface area contributed by atoms with E-state index >= 15 is 0 Å². The molecular weight excluding hydrogens is 257 g/mol. The van der Waals surface area contributed by atoms with Crippen LogP contribution in [-0.2, 0) is 0 Å². The molecule has 3 nitrogen and oxygen atoms in total. The highest BCUT2D eigenvalue weighted by Crippen LogP contribution is 2.18. The van der Waals surface area contributed by atoms with E-state index in [4.69, 9.17) is 16.3 Å². The predicted octanol–water partition coefficient (Wildman–Crippen LogP) is 2.83. The van der Waals surface area contributed by atoms with E-state index in [0.717, 1.165) is 0 Å². The van der Waals surface area contributed by atoms with Gasteiger partial charge >= 0.3 is 0 Å². The van der Waals surface area contributed by atoms with Gasteiger partial charge in [-0.3, -0.25) is 4.79 Å². The van der Waals surface area contributed by atoms with Gasteiger partial charge in [0.2, 0.25) is 0 Å². The van der Waals surface area contributed by atoms with E-state index in [9.17, 15) is 9.18 Å². The van der Waals surface area contributed by atoms with E-state index in [1.165, 1.54) is 19.2 Å². The molecule has 18 heavy (non-hydrogen) atoms. The lowest BCUT2D eigenvalue weighted by molar-refractivity contribution is 0.0935. The Morgan fingerprint density at radius 1 is 1.50 bits per heavy atom. The summed E-state index contributed by atoms with van der Waals surface area (Å²) in [6.45, 7) is 4.23. The molecule has 0 saturated heterocycles. The minimum Gasteiger partial charge on any atom is -0.497 e. The first kappa shape index (κ1) is 14.8. The molecule has 0 heterocycles. The summed E-state index contributed by atoms with van der Waals surface area (Å²) in [7, 11) is 1.44. The van der Waals surface area contributed by atoms with Gasteiger partial charge in [-0.2, -0.15) is 0 Å². The van der Waals surface area contributed by atoms with E-state index in [0.29, 0.717) is 18.2 Å². The van der Waals surface area contributed by atoms with Gasteiger partial charge in [-0.1, -0.05) is 13.8 Å². The lowest BCUT2D eigenvalue weighted by Gasteiger charge is -2.21. The monoisotopic (exact) mass is 273 g/mol. The first-order chi connectivity index (χ1) is 8.39. The number of rotatable bonds is 5. The van der Waals surface area contributed by atoms with Crippen molar-refractivity contribution in [2.24, 2.45) is 5.41 Å². The van der Waals surface area contributed by atoms with Crippen LogP contribution in [0.25, 0.3) is 0 Å². The summed E-state index contributed by atoms with van der Waals surface area (Å²) in [5.74, 6) is -0.257. The molecule has 0 radical (unpaired) electrons. The topological polar surface area (TPSA) is 38.3 Å². The maximum Gasteiger partial charge on any atom is 0.254 e. The van der Waals surface area contributed by atoms with Crippen LogP contribution in [0.4, 0.5) is 4.39 Å². The normalized spacial score (nSPS) is 11.2. The van der Waals surface area contributed by atoms with Crippen LogP contribution in [-0.4, -0.2) is 25.4 Å². The summed E-state index contributed by atoms with van der Waals surface area (Å²) >= 11 is 5.75. The van der Waals surface area contributed by atoms with E-state index in [-0.39, 0.29) is 11.0 Å². The second-order valence-electron chi connectivity index (χ2n) is 4.83. The standard InChI is InChI=1S/C13H17ClFNO2/c1-13(2,7-14)8-16-12(17)10-5-4-9(18-3)6-11(10)15/h4-6H,7-8H2,1-3H3,(H,16,17). The quantitative estimate of drug-likeness (QED) is 0.838. The fraction of sp³-hybridized carbons (Fsp3) is 0.462. The third-order valence-electron chi connectivity index (χ3n) is 2.51. The first-order valence-electron chi connectivity index (χ1n) is 5.57. The number of benzene rings is 1. The Hall–Kier alpha value is -1.29. The Labute approximate surface area is 111 Å². The molecule has 5 heteroatoms. The molecule has 0 fully saturated rings. The van der Waals surface area contributed by atoms with Crippen molar-refractivity contribution in [3.8, 4) is 5.75 Å². The number of carbonyl (C=O) groups is 1. The zero-order chi connectivity index (χ0) is 13.8. The van der Waals surface area contributed by atoms with E-state index in [2.05, 4.69) is 5.32 Å². The molecule has 0 unspecified atom stereocenters. The van der Waals surface area contributed by atoms with Gasteiger partial charge in [-0.25, -0.2) is 4.39 Å². The average molecular weight is 274 g/mol. The molecule has 1 aromatic rings. The summed E-state index contributed by atoms with van der Waals surface area (Å²) < 4.78 is 18.5. The van der Waals surface area contributed by atoms with Gasteiger partial charge in [0.15, 0.2) is 0 Å². The lowest BCUT2D eigenvalue weighted by Crippen LogP contribution is -2.35. The molecule has 0 bridgehead atoms. The van der Waals surface area contributed by atoms with Crippen molar-refractivity contribution in [1.82, 2.24) is 5.32 Å². The molecule has 100 valence electrons. The molecular formula is C13H17ClFNO2. The van der Waals surface area contributed by atoms with Crippen molar-refractivity contribution in [2.45, 2.75) is 13.8 Å². The number of hydrogen-bond acceptors (Lipinski definition) is 2. The Morgan fingerprint density at radius 3 is 2.67 bits per heavy atom. The van der Waals surface area contributed by atoms with Gasteiger partial charge in [-0.15, -0.1) is 11.6 Å². The van der Waals surface area contributed by atoms with Crippen LogP contribution in [0.15, 0.2) is 18.2 Å². The van der Waals surface area contributed by atoms with E-state index < -0.39 is 11.7 Å². The smallest absolute Gasteiger partial charge is 0.254 e. The molecule has 1 N–H and O–H groups in total. The highest BCUT2D eigenvalue weighted by molar-refractivity contribution is 6.18. The van der Waals surface area contributed by atoms with Crippen LogP contribution < -0.4 is 10.1 Å². The number of nitrogens with one attached hydrogen (secondary N) is 1. The summed E-state index contributed by atoms with van der Waals surface area (Å²) in [6.07, 6.45) is 0. The maximum atomic E-state index is 13.6. The fourth-order valence-corrected chi connectivity index (χ4v) is 1.36. The average Bonchev–Trinajstić information content (AvgIpc) is 2.36. The zero-order valence-electron chi connectivity index (χ0n) is 10.7. The van der Waals surface area contributed by atoms with Gasteiger partial charge in [0.05, 0.1) is 12.7 Å². The Morgan fingerprint density at radius 2 is 2.17 bits per heavy atom. The number of methoxy groups -OCH3 is 1. The predicted molar refractivity (Wildman–Crippen MR) is 69.8 cm³/mol. The number of amides is 1. The molecule has 0 aliphatic heterocycles. The molecule has 0 aromatic heterocycles. The molecule has 0 atom stereocenters. The van der Waals surface area contributed by atoms with Crippen molar-refractivity contribution >= 4 is 17.5 Å². The largest absolute Gasteiger partial charge is 0.497 e. The van der Waals surface area contributed by atoms with Gasteiger partial charge in [0.25, 0.3) is 5.91 Å². The fourth-order valence-electron chi connectivity index (χ4n) is 1.27. The highest BCUT2D eigenvalue weighted by Gasteiger charge is 2.19. The Balaban J connectivity index is 2.73. The van der Waals surface area contributed by atoms with Crippen LogP contribution >= 0.6 is 11.6 Å². The van der Waals surface area contributed by atoms with Crippen LogP contribution in [0.5, 0.6) is 5.75 Å². The molecule has 0 spiro atoms. The zero-order valence-corrected chi connectivity index (χ0v) is 11.5. The minimum atomic E-state index is -0.601. The van der Waals surface area contributed by atoms with Crippen molar-refractivity contribution < 1.29 is 13.9 Å². The number of carbonyl (C=O) groups excluding carboxylic acids is 1. The minimum absolute atomic E-state index is 0.00109. The van der Waals surface area contributed by atoms with Crippen molar-refractivity contribution in [2.75, 3.05) is 19.5 Å². The van der Waals surface area contributed by atoms with Crippen molar-refractivity contribution in [1.29, 1.82) is 0 Å². The molecule has 1 aromatic carbocycles.